The van der Waals surface area contributed by atoms with Crippen molar-refractivity contribution in [3.8, 4) is 0 Å². The van der Waals surface area contributed by atoms with Crippen molar-refractivity contribution < 1.29 is 22.4 Å². The molecular formula is C12H12O5S. The minimum atomic E-state index is -3.46. The number of fused-ring (bicyclic) bond motifs is 1. The van der Waals surface area contributed by atoms with Crippen molar-refractivity contribution in [2.75, 3.05) is 5.75 Å². The van der Waals surface area contributed by atoms with E-state index in [9.17, 15) is 18.0 Å². The number of ketones is 2. The van der Waals surface area contributed by atoms with Gasteiger partial charge in [0.1, 0.15) is 17.3 Å². The first-order chi connectivity index (χ1) is 8.49. The van der Waals surface area contributed by atoms with Crippen molar-refractivity contribution in [2.24, 2.45) is 5.92 Å². The van der Waals surface area contributed by atoms with Gasteiger partial charge in [0, 0.05) is 24.7 Å². The molecule has 0 amide bonds. The Balaban J connectivity index is 2.08. The number of carbonyl (C=O) groups is 2. The Kier molecular flexibility index (Phi) is 2.45. The van der Waals surface area contributed by atoms with Crippen LogP contribution in [0.15, 0.2) is 22.8 Å². The third-order valence-electron chi connectivity index (χ3n) is 3.77. The monoisotopic (exact) mass is 268 g/mol. The van der Waals surface area contributed by atoms with Crippen LogP contribution < -0.4 is 0 Å². The fourth-order valence-electron chi connectivity index (χ4n) is 3.05. The molecule has 0 bridgehead atoms. The lowest BCUT2D eigenvalue weighted by Gasteiger charge is -2.29. The number of furan rings is 1. The number of rotatable bonds is 1. The van der Waals surface area contributed by atoms with Crippen LogP contribution >= 0.6 is 0 Å². The van der Waals surface area contributed by atoms with Gasteiger partial charge >= 0.3 is 0 Å². The highest BCUT2D eigenvalue weighted by Gasteiger charge is 2.54. The molecule has 3 atom stereocenters. The van der Waals surface area contributed by atoms with E-state index in [4.69, 9.17) is 4.42 Å². The predicted octanol–water partition coefficient (Wildman–Crippen LogP) is 0.708. The molecule has 5 nitrogen and oxygen atoms in total. The molecule has 2 heterocycles. The van der Waals surface area contributed by atoms with Crippen LogP contribution in [-0.4, -0.2) is 31.0 Å². The van der Waals surface area contributed by atoms with Crippen molar-refractivity contribution in [3.63, 3.8) is 0 Å². The molecule has 6 heteroatoms. The van der Waals surface area contributed by atoms with E-state index in [1.54, 1.807) is 12.1 Å². The smallest absolute Gasteiger partial charge is 0.161 e. The lowest BCUT2D eigenvalue weighted by atomic mass is 9.77. The summed E-state index contributed by atoms with van der Waals surface area (Å²) in [4.78, 5) is 23.4. The van der Waals surface area contributed by atoms with Crippen LogP contribution in [0.1, 0.15) is 24.5 Å². The molecule has 0 radical (unpaired) electrons. The van der Waals surface area contributed by atoms with Crippen LogP contribution in [0, 0.1) is 5.92 Å². The molecule has 1 aromatic rings. The molecule has 1 saturated carbocycles. The van der Waals surface area contributed by atoms with E-state index in [-0.39, 0.29) is 24.4 Å². The summed E-state index contributed by atoms with van der Waals surface area (Å²) in [6, 6.07) is 3.32. The Morgan fingerprint density at radius 1 is 1.17 bits per heavy atom. The average molecular weight is 268 g/mol. The lowest BCUT2D eigenvalue weighted by molar-refractivity contribution is -0.128. The van der Waals surface area contributed by atoms with Crippen LogP contribution in [0.3, 0.4) is 0 Å². The lowest BCUT2D eigenvalue weighted by Crippen LogP contribution is -2.38. The standard InChI is InChI=1S/C12H12O5S/c13-7-4-8-10(14)6-18(15,16)12(8)9(5-7)11-2-1-3-17-11/h1-3,8-9,12H,4-6H2/t8-,9+,12+/m1/s1. The Morgan fingerprint density at radius 3 is 2.56 bits per heavy atom. The topological polar surface area (TPSA) is 81.4 Å². The van der Waals surface area contributed by atoms with Crippen LogP contribution in [0.4, 0.5) is 0 Å². The highest BCUT2D eigenvalue weighted by atomic mass is 32.2. The first-order valence-corrected chi connectivity index (χ1v) is 7.50. The van der Waals surface area contributed by atoms with Gasteiger partial charge in [-0.15, -0.1) is 0 Å². The van der Waals surface area contributed by atoms with Gasteiger partial charge in [0.25, 0.3) is 0 Å². The molecule has 0 unspecified atom stereocenters. The van der Waals surface area contributed by atoms with E-state index in [1.807, 2.05) is 0 Å². The number of carbonyl (C=O) groups excluding carboxylic acids is 2. The van der Waals surface area contributed by atoms with Crippen molar-refractivity contribution in [1.82, 2.24) is 0 Å². The Bertz CT molecular complexity index is 598. The maximum Gasteiger partial charge on any atom is 0.161 e. The maximum absolute atomic E-state index is 12.0. The first kappa shape index (κ1) is 11.6. The molecule has 1 saturated heterocycles. The van der Waals surface area contributed by atoms with Crippen LogP contribution in [0.25, 0.3) is 0 Å². The summed E-state index contributed by atoms with van der Waals surface area (Å²) in [6.45, 7) is 0. The molecule has 2 aliphatic rings. The van der Waals surface area contributed by atoms with Crippen molar-refractivity contribution in [1.29, 1.82) is 0 Å². The number of Topliss-reactive ketones (excluding diaryl/α,β-unsaturated/α-hetero) is 2. The summed E-state index contributed by atoms with van der Waals surface area (Å²) in [7, 11) is -3.46. The van der Waals surface area contributed by atoms with Crippen LogP contribution in [0.5, 0.6) is 0 Å². The predicted molar refractivity (Wildman–Crippen MR) is 61.8 cm³/mol. The highest BCUT2D eigenvalue weighted by molar-refractivity contribution is 7.93. The van der Waals surface area contributed by atoms with E-state index in [0.717, 1.165) is 0 Å². The molecule has 1 aliphatic heterocycles. The second kappa shape index (κ2) is 3.78. The van der Waals surface area contributed by atoms with E-state index in [0.29, 0.717) is 5.76 Å². The molecular weight excluding hydrogens is 256 g/mol. The quantitative estimate of drug-likeness (QED) is 0.749. The van der Waals surface area contributed by atoms with Gasteiger partial charge in [-0.3, -0.25) is 9.59 Å². The summed E-state index contributed by atoms with van der Waals surface area (Å²) < 4.78 is 29.3. The third kappa shape index (κ3) is 1.63. The molecule has 3 rings (SSSR count). The first-order valence-electron chi connectivity index (χ1n) is 5.78. The summed E-state index contributed by atoms with van der Waals surface area (Å²) in [6.07, 6.45) is 1.65. The highest BCUT2D eigenvalue weighted by Crippen LogP contribution is 2.43. The molecule has 0 spiro atoms. The molecule has 18 heavy (non-hydrogen) atoms. The van der Waals surface area contributed by atoms with Gasteiger partial charge in [-0.2, -0.15) is 0 Å². The zero-order chi connectivity index (χ0) is 12.9. The van der Waals surface area contributed by atoms with E-state index >= 15 is 0 Å². The summed E-state index contributed by atoms with van der Waals surface area (Å²) in [5.74, 6) is -1.54. The maximum atomic E-state index is 12.0. The summed E-state index contributed by atoms with van der Waals surface area (Å²) in [5.41, 5.74) is 0. The normalized spacial score (nSPS) is 34.6. The second-order valence-electron chi connectivity index (χ2n) is 4.91. The molecule has 96 valence electrons. The molecule has 0 aromatic carbocycles. The van der Waals surface area contributed by atoms with E-state index in [1.165, 1.54) is 6.26 Å². The Morgan fingerprint density at radius 2 is 1.89 bits per heavy atom. The zero-order valence-corrected chi connectivity index (χ0v) is 10.4. The Labute approximate surface area is 104 Å². The minimum Gasteiger partial charge on any atom is -0.469 e. The third-order valence-corrected chi connectivity index (χ3v) is 5.94. The number of hydrogen-bond acceptors (Lipinski definition) is 5. The SMILES string of the molecule is O=C1C[C@@H]2C(=O)CS(=O)(=O)[C@@H]2[C@H](c2ccco2)C1. The summed E-state index contributed by atoms with van der Waals surface area (Å²) >= 11 is 0. The van der Waals surface area contributed by atoms with Gasteiger partial charge in [0.15, 0.2) is 15.6 Å². The fraction of sp³-hybridized carbons (Fsp3) is 0.500. The fourth-order valence-corrected chi connectivity index (χ4v) is 5.33. The van der Waals surface area contributed by atoms with Crippen molar-refractivity contribution in [2.45, 2.75) is 24.0 Å². The van der Waals surface area contributed by atoms with Gasteiger partial charge in [-0.1, -0.05) is 0 Å². The largest absolute Gasteiger partial charge is 0.469 e. The van der Waals surface area contributed by atoms with Gasteiger partial charge in [-0.05, 0) is 12.1 Å². The van der Waals surface area contributed by atoms with E-state index in [2.05, 4.69) is 0 Å². The van der Waals surface area contributed by atoms with Gasteiger partial charge in [0.2, 0.25) is 0 Å². The van der Waals surface area contributed by atoms with E-state index < -0.39 is 32.7 Å². The second-order valence-corrected chi connectivity index (χ2v) is 7.07. The minimum absolute atomic E-state index is 0.0555. The van der Waals surface area contributed by atoms with Crippen molar-refractivity contribution >= 4 is 21.4 Å². The number of hydrogen-bond donors (Lipinski definition) is 0. The molecule has 1 aromatic heterocycles. The molecule has 2 fully saturated rings. The van der Waals surface area contributed by atoms with Crippen molar-refractivity contribution in [3.05, 3.63) is 24.2 Å². The average Bonchev–Trinajstić information content (AvgIpc) is 2.86. The summed E-state index contributed by atoms with van der Waals surface area (Å²) in [5, 5.41) is -0.783. The molecule has 0 N–H and O–H groups in total. The molecule has 1 aliphatic carbocycles. The number of sulfone groups is 1. The van der Waals surface area contributed by atoms with Crippen LogP contribution in [0.2, 0.25) is 0 Å². The van der Waals surface area contributed by atoms with Gasteiger partial charge < -0.3 is 4.42 Å². The zero-order valence-electron chi connectivity index (χ0n) is 9.53. The van der Waals surface area contributed by atoms with Gasteiger partial charge in [0.05, 0.1) is 11.5 Å². The van der Waals surface area contributed by atoms with Gasteiger partial charge in [-0.25, -0.2) is 8.42 Å². The van der Waals surface area contributed by atoms with Crippen LogP contribution in [-0.2, 0) is 19.4 Å². The Hall–Kier alpha value is -1.43.